The highest BCUT2D eigenvalue weighted by Crippen LogP contribution is 2.22. The molecule has 0 aliphatic rings. The van der Waals surface area contributed by atoms with Crippen LogP contribution in [-0.4, -0.2) is 35.6 Å². The summed E-state index contributed by atoms with van der Waals surface area (Å²) in [4.78, 5) is 12.1. The quantitative estimate of drug-likeness (QED) is 0.425. The maximum absolute atomic E-state index is 12.1. The molecule has 7 nitrogen and oxygen atoms in total. The highest BCUT2D eigenvalue weighted by Gasteiger charge is 2.11. The van der Waals surface area contributed by atoms with Gasteiger partial charge in [-0.15, -0.1) is 0 Å². The van der Waals surface area contributed by atoms with Crippen molar-refractivity contribution in [2.45, 2.75) is 20.4 Å². The minimum Gasteiger partial charge on any atom is -0.495 e. The topological polar surface area (TPSA) is 80.5 Å². The second-order valence-electron chi connectivity index (χ2n) is 6.68. The van der Waals surface area contributed by atoms with Crippen LogP contribution in [0, 0.1) is 13.8 Å². The van der Waals surface area contributed by atoms with Crippen molar-refractivity contribution in [2.75, 3.05) is 19.0 Å². The zero-order valence-electron chi connectivity index (χ0n) is 17.1. The Bertz CT molecular complexity index is 1060. The van der Waals surface area contributed by atoms with Crippen LogP contribution in [0.15, 0.2) is 53.6 Å². The van der Waals surface area contributed by atoms with Gasteiger partial charge in [0, 0.05) is 16.3 Å². The number of hydrogen-bond donors (Lipinski definition) is 2. The third-order valence-electron chi connectivity index (χ3n) is 4.64. The fourth-order valence-corrected chi connectivity index (χ4v) is 3.21. The molecule has 0 aliphatic heterocycles. The molecule has 0 unspecified atom stereocenters. The third kappa shape index (κ3) is 5.18. The summed E-state index contributed by atoms with van der Waals surface area (Å²) in [6.07, 6.45) is 1.61. The van der Waals surface area contributed by atoms with Crippen molar-refractivity contribution in [3.63, 3.8) is 0 Å². The van der Waals surface area contributed by atoms with E-state index in [2.05, 4.69) is 20.9 Å². The molecule has 2 N–H and O–H groups in total. The fraction of sp³-hybridized carbons (Fsp3) is 0.227. The van der Waals surface area contributed by atoms with Gasteiger partial charge >= 0.3 is 0 Å². The largest absolute Gasteiger partial charge is 0.495 e. The number of hydrazone groups is 1. The van der Waals surface area contributed by atoms with Crippen molar-refractivity contribution in [2.24, 2.45) is 5.10 Å². The summed E-state index contributed by atoms with van der Waals surface area (Å²) < 4.78 is 7.13. The van der Waals surface area contributed by atoms with E-state index in [0.717, 1.165) is 28.2 Å². The Balaban J connectivity index is 1.60. The van der Waals surface area contributed by atoms with E-state index < -0.39 is 0 Å². The molecule has 0 aliphatic carbocycles. The van der Waals surface area contributed by atoms with Gasteiger partial charge in [0.2, 0.25) is 0 Å². The second kappa shape index (κ2) is 9.93. The second-order valence-corrected chi connectivity index (χ2v) is 7.09. The number of carbonyl (C=O) groups is 1. The van der Waals surface area contributed by atoms with Crippen LogP contribution in [0.4, 0.5) is 5.69 Å². The van der Waals surface area contributed by atoms with Gasteiger partial charge in [-0.1, -0.05) is 41.9 Å². The number of carbonyl (C=O) groups excluding carboxylic acids is 1. The Morgan fingerprint density at radius 1 is 1.20 bits per heavy atom. The molecule has 0 saturated heterocycles. The number of anilines is 1. The lowest BCUT2D eigenvalue weighted by molar-refractivity contribution is -0.119. The summed E-state index contributed by atoms with van der Waals surface area (Å²) in [5.41, 5.74) is 6.89. The molecule has 2 aromatic carbocycles. The zero-order chi connectivity index (χ0) is 21.5. The van der Waals surface area contributed by atoms with Crippen LogP contribution in [0.3, 0.4) is 0 Å². The van der Waals surface area contributed by atoms with Crippen molar-refractivity contribution in [1.29, 1.82) is 0 Å². The molecule has 0 spiro atoms. The molecule has 0 bridgehead atoms. The third-order valence-corrected chi connectivity index (χ3v) is 5.01. The predicted octanol–water partition coefficient (Wildman–Crippen LogP) is 3.77. The number of hydrogen-bond acceptors (Lipinski definition) is 5. The van der Waals surface area contributed by atoms with Gasteiger partial charge in [-0.05, 0) is 37.6 Å². The maximum atomic E-state index is 12.1. The van der Waals surface area contributed by atoms with Gasteiger partial charge in [0.15, 0.2) is 0 Å². The van der Waals surface area contributed by atoms with E-state index in [-0.39, 0.29) is 12.5 Å². The Kier molecular flexibility index (Phi) is 7.08. The summed E-state index contributed by atoms with van der Waals surface area (Å²) in [5, 5.41) is 12.4. The van der Waals surface area contributed by atoms with Crippen LogP contribution in [0.1, 0.15) is 22.5 Å². The number of rotatable bonds is 8. The van der Waals surface area contributed by atoms with Crippen LogP contribution in [0.2, 0.25) is 5.02 Å². The van der Waals surface area contributed by atoms with Gasteiger partial charge in [-0.2, -0.15) is 10.2 Å². The molecule has 1 heterocycles. The standard InChI is InChI=1S/C22H24ClN5O2/c1-15-18(16(2)28(27-15)14-17-8-4-5-9-19(17)23)12-25-26-22(29)13-24-20-10-6-7-11-21(20)30-3/h4-12,24H,13-14H2,1-3H3,(H,26,29)/b25-12+. The Morgan fingerprint density at radius 3 is 2.70 bits per heavy atom. The summed E-state index contributed by atoms with van der Waals surface area (Å²) in [6.45, 7) is 4.50. The average molecular weight is 426 g/mol. The number of amides is 1. The first-order valence-electron chi connectivity index (χ1n) is 9.45. The van der Waals surface area contributed by atoms with Gasteiger partial charge in [-0.3, -0.25) is 9.48 Å². The molecule has 0 fully saturated rings. The lowest BCUT2D eigenvalue weighted by atomic mass is 10.2. The van der Waals surface area contributed by atoms with Crippen LogP contribution in [0.25, 0.3) is 0 Å². The van der Waals surface area contributed by atoms with Gasteiger partial charge in [0.25, 0.3) is 5.91 Å². The number of ether oxygens (including phenoxy) is 1. The SMILES string of the molecule is COc1ccccc1NCC(=O)N/N=C/c1c(C)nn(Cc2ccccc2Cl)c1C. The number of aryl methyl sites for hydroxylation is 1. The number of para-hydroxylation sites is 2. The number of aromatic nitrogens is 2. The number of benzene rings is 2. The van der Waals surface area contributed by atoms with Crippen LogP contribution in [0.5, 0.6) is 5.75 Å². The molecule has 0 saturated carbocycles. The molecular weight excluding hydrogens is 402 g/mol. The van der Waals surface area contributed by atoms with E-state index in [1.807, 2.05) is 67.1 Å². The Hall–Kier alpha value is -3.32. The zero-order valence-corrected chi connectivity index (χ0v) is 17.9. The maximum Gasteiger partial charge on any atom is 0.259 e. The van der Waals surface area contributed by atoms with E-state index in [4.69, 9.17) is 16.3 Å². The van der Waals surface area contributed by atoms with E-state index in [1.54, 1.807) is 13.3 Å². The highest BCUT2D eigenvalue weighted by molar-refractivity contribution is 6.31. The Morgan fingerprint density at radius 2 is 1.93 bits per heavy atom. The molecule has 0 atom stereocenters. The predicted molar refractivity (Wildman–Crippen MR) is 119 cm³/mol. The lowest BCUT2D eigenvalue weighted by Gasteiger charge is -2.09. The van der Waals surface area contributed by atoms with E-state index in [1.165, 1.54) is 0 Å². The van der Waals surface area contributed by atoms with Crippen LogP contribution >= 0.6 is 11.6 Å². The van der Waals surface area contributed by atoms with Gasteiger partial charge in [-0.25, -0.2) is 5.43 Å². The number of methoxy groups -OCH3 is 1. The lowest BCUT2D eigenvalue weighted by Crippen LogP contribution is -2.26. The van der Waals surface area contributed by atoms with Crippen LogP contribution < -0.4 is 15.5 Å². The molecule has 1 aromatic heterocycles. The molecule has 30 heavy (non-hydrogen) atoms. The van der Waals surface area contributed by atoms with Gasteiger partial charge in [0.05, 0.1) is 37.8 Å². The van der Waals surface area contributed by atoms with Crippen molar-refractivity contribution >= 4 is 29.4 Å². The highest BCUT2D eigenvalue weighted by atomic mass is 35.5. The normalized spacial score (nSPS) is 10.9. The number of nitrogens with zero attached hydrogens (tertiary/aromatic N) is 3. The van der Waals surface area contributed by atoms with Crippen LogP contribution in [-0.2, 0) is 11.3 Å². The smallest absolute Gasteiger partial charge is 0.259 e. The molecule has 3 aromatic rings. The molecule has 8 heteroatoms. The monoisotopic (exact) mass is 425 g/mol. The molecular formula is C22H24ClN5O2. The first-order chi connectivity index (χ1) is 14.5. The molecule has 1 amide bonds. The summed E-state index contributed by atoms with van der Waals surface area (Å²) in [5.74, 6) is 0.405. The van der Waals surface area contributed by atoms with Crippen molar-refractivity contribution in [1.82, 2.24) is 15.2 Å². The minimum atomic E-state index is -0.268. The first kappa shape index (κ1) is 21.4. The van der Waals surface area contributed by atoms with Gasteiger partial charge in [0.1, 0.15) is 5.75 Å². The van der Waals surface area contributed by atoms with E-state index >= 15 is 0 Å². The van der Waals surface area contributed by atoms with Crippen molar-refractivity contribution in [3.05, 3.63) is 76.1 Å². The fourth-order valence-electron chi connectivity index (χ4n) is 3.01. The van der Waals surface area contributed by atoms with Crippen molar-refractivity contribution < 1.29 is 9.53 Å². The minimum absolute atomic E-state index is 0.0709. The molecule has 156 valence electrons. The number of halogens is 1. The average Bonchev–Trinajstić information content (AvgIpc) is 3.01. The van der Waals surface area contributed by atoms with E-state index in [9.17, 15) is 4.79 Å². The first-order valence-corrected chi connectivity index (χ1v) is 9.83. The summed E-state index contributed by atoms with van der Waals surface area (Å²) in [7, 11) is 1.58. The van der Waals surface area contributed by atoms with Gasteiger partial charge < -0.3 is 10.1 Å². The molecule has 3 rings (SSSR count). The summed E-state index contributed by atoms with van der Waals surface area (Å²) in [6, 6.07) is 15.1. The molecule has 0 radical (unpaired) electrons. The summed E-state index contributed by atoms with van der Waals surface area (Å²) >= 11 is 6.26. The van der Waals surface area contributed by atoms with Crippen molar-refractivity contribution in [3.8, 4) is 5.75 Å². The van der Waals surface area contributed by atoms with E-state index in [0.29, 0.717) is 17.3 Å². The Labute approximate surface area is 180 Å². The number of nitrogens with one attached hydrogen (secondary N) is 2.